The largest absolute Gasteiger partial charge is 0.481 e. The Morgan fingerprint density at radius 3 is 2.84 bits per heavy atom. The topological polar surface area (TPSA) is 77.2 Å². The quantitative estimate of drug-likeness (QED) is 0.746. The van der Waals surface area contributed by atoms with Gasteiger partial charge in [0.15, 0.2) is 0 Å². The summed E-state index contributed by atoms with van der Waals surface area (Å²) in [5.41, 5.74) is 6.44. The fourth-order valence-electron chi connectivity index (χ4n) is 1.73. The highest BCUT2D eigenvalue weighted by Crippen LogP contribution is 2.09. The van der Waals surface area contributed by atoms with Gasteiger partial charge in [-0.3, -0.25) is 4.79 Å². The molecular formula is C14H23N3O2. The predicted molar refractivity (Wildman–Crippen MR) is 74.7 cm³/mol. The summed E-state index contributed by atoms with van der Waals surface area (Å²) in [4.78, 5) is 15.7. The lowest BCUT2D eigenvalue weighted by Gasteiger charge is -2.10. The van der Waals surface area contributed by atoms with Crippen molar-refractivity contribution in [3.63, 3.8) is 0 Å². The molecule has 3 N–H and O–H groups in total. The van der Waals surface area contributed by atoms with E-state index in [2.05, 4.69) is 17.2 Å². The average molecular weight is 265 g/mol. The molecule has 106 valence electrons. The van der Waals surface area contributed by atoms with Crippen molar-refractivity contribution >= 4 is 5.91 Å². The summed E-state index contributed by atoms with van der Waals surface area (Å²) in [5.74, 6) is 1.14. The number of amides is 1. The van der Waals surface area contributed by atoms with Crippen LogP contribution in [-0.2, 0) is 11.3 Å². The van der Waals surface area contributed by atoms with Crippen molar-refractivity contribution in [2.24, 2.45) is 11.7 Å². The molecule has 1 heterocycles. The van der Waals surface area contributed by atoms with Crippen molar-refractivity contribution in [1.82, 2.24) is 10.3 Å². The van der Waals surface area contributed by atoms with Gasteiger partial charge in [-0.25, -0.2) is 4.98 Å². The second-order valence-corrected chi connectivity index (χ2v) is 4.71. The molecule has 0 bridgehead atoms. The third-order valence-corrected chi connectivity index (χ3v) is 3.02. The van der Waals surface area contributed by atoms with E-state index in [1.54, 1.807) is 19.4 Å². The molecule has 0 saturated carbocycles. The van der Waals surface area contributed by atoms with Crippen molar-refractivity contribution < 1.29 is 9.53 Å². The number of nitrogens with two attached hydrogens (primary N) is 1. The Kier molecular flexibility index (Phi) is 6.89. The van der Waals surface area contributed by atoms with Crippen LogP contribution in [0.5, 0.6) is 5.88 Å². The molecular weight excluding hydrogens is 242 g/mol. The molecule has 1 aromatic heterocycles. The number of ether oxygens (including phenoxy) is 1. The minimum absolute atomic E-state index is 0.0692. The van der Waals surface area contributed by atoms with Gasteiger partial charge in [-0.2, -0.15) is 0 Å². The van der Waals surface area contributed by atoms with Crippen LogP contribution in [0.4, 0.5) is 0 Å². The highest BCUT2D eigenvalue weighted by atomic mass is 16.5. The van der Waals surface area contributed by atoms with Crippen LogP contribution < -0.4 is 15.8 Å². The van der Waals surface area contributed by atoms with Crippen LogP contribution in [0.25, 0.3) is 0 Å². The fraction of sp³-hybridized carbons (Fsp3) is 0.571. The average Bonchev–Trinajstić information content (AvgIpc) is 2.44. The Morgan fingerprint density at radius 2 is 2.26 bits per heavy atom. The summed E-state index contributed by atoms with van der Waals surface area (Å²) >= 11 is 0. The van der Waals surface area contributed by atoms with Crippen LogP contribution in [0.3, 0.4) is 0 Å². The lowest BCUT2D eigenvalue weighted by molar-refractivity contribution is -0.121. The molecule has 0 aliphatic rings. The van der Waals surface area contributed by atoms with Gasteiger partial charge in [0.05, 0.1) is 7.11 Å². The molecule has 0 saturated heterocycles. The Bertz CT molecular complexity index is 379. The van der Waals surface area contributed by atoms with E-state index in [4.69, 9.17) is 10.5 Å². The van der Waals surface area contributed by atoms with Gasteiger partial charge < -0.3 is 15.8 Å². The monoisotopic (exact) mass is 265 g/mol. The first kappa shape index (κ1) is 15.4. The molecule has 0 aliphatic heterocycles. The van der Waals surface area contributed by atoms with Gasteiger partial charge in [0.1, 0.15) is 0 Å². The molecule has 0 spiro atoms. The molecule has 1 aromatic rings. The number of aromatic nitrogens is 1. The van der Waals surface area contributed by atoms with Crippen molar-refractivity contribution in [2.45, 2.75) is 32.7 Å². The zero-order valence-electron chi connectivity index (χ0n) is 11.7. The number of methoxy groups -OCH3 is 1. The standard InChI is InChI=1S/C14H23N3O2/c1-11(7-8-15)3-5-13(18)16-9-12-4-6-14(19-2)17-10-12/h4,6,10-11H,3,5,7-9,15H2,1-2H3,(H,16,18). The lowest BCUT2D eigenvalue weighted by atomic mass is 10.0. The first-order valence-electron chi connectivity index (χ1n) is 6.61. The number of hydrogen-bond donors (Lipinski definition) is 2. The summed E-state index contributed by atoms with van der Waals surface area (Å²) in [6, 6.07) is 3.67. The minimum Gasteiger partial charge on any atom is -0.481 e. The van der Waals surface area contributed by atoms with Gasteiger partial charge in [-0.1, -0.05) is 13.0 Å². The van der Waals surface area contributed by atoms with E-state index in [1.807, 2.05) is 6.07 Å². The summed E-state index contributed by atoms with van der Waals surface area (Å²) in [7, 11) is 1.58. The summed E-state index contributed by atoms with van der Waals surface area (Å²) in [5, 5.41) is 2.88. The molecule has 0 aliphatic carbocycles. The SMILES string of the molecule is COc1ccc(CNC(=O)CCC(C)CCN)cn1. The van der Waals surface area contributed by atoms with E-state index in [0.717, 1.165) is 18.4 Å². The van der Waals surface area contributed by atoms with Crippen molar-refractivity contribution in [2.75, 3.05) is 13.7 Å². The van der Waals surface area contributed by atoms with E-state index in [1.165, 1.54) is 0 Å². The lowest BCUT2D eigenvalue weighted by Crippen LogP contribution is -2.23. The molecule has 1 unspecified atom stereocenters. The number of nitrogens with one attached hydrogen (secondary N) is 1. The van der Waals surface area contributed by atoms with Crippen LogP contribution in [0.2, 0.25) is 0 Å². The number of nitrogens with zero attached hydrogens (tertiary/aromatic N) is 1. The molecule has 1 atom stereocenters. The zero-order chi connectivity index (χ0) is 14.1. The molecule has 5 heteroatoms. The smallest absolute Gasteiger partial charge is 0.220 e. The Labute approximate surface area is 114 Å². The number of carbonyl (C=O) groups excluding carboxylic acids is 1. The molecule has 1 rings (SSSR count). The molecule has 1 amide bonds. The number of pyridine rings is 1. The van der Waals surface area contributed by atoms with Gasteiger partial charge in [-0.15, -0.1) is 0 Å². The second kappa shape index (κ2) is 8.48. The Balaban J connectivity index is 2.25. The first-order chi connectivity index (χ1) is 9.15. The van der Waals surface area contributed by atoms with Gasteiger partial charge in [0.2, 0.25) is 11.8 Å². The van der Waals surface area contributed by atoms with E-state index in [9.17, 15) is 4.79 Å². The highest BCUT2D eigenvalue weighted by molar-refractivity contribution is 5.75. The molecule has 0 radical (unpaired) electrons. The third-order valence-electron chi connectivity index (χ3n) is 3.02. The zero-order valence-corrected chi connectivity index (χ0v) is 11.7. The van der Waals surface area contributed by atoms with Crippen molar-refractivity contribution in [3.8, 4) is 5.88 Å². The molecule has 19 heavy (non-hydrogen) atoms. The highest BCUT2D eigenvalue weighted by Gasteiger charge is 2.06. The number of hydrogen-bond acceptors (Lipinski definition) is 4. The van der Waals surface area contributed by atoms with Crippen LogP contribution in [0.1, 0.15) is 31.7 Å². The van der Waals surface area contributed by atoms with Crippen LogP contribution >= 0.6 is 0 Å². The normalized spacial score (nSPS) is 11.9. The van der Waals surface area contributed by atoms with Gasteiger partial charge in [-0.05, 0) is 30.9 Å². The minimum atomic E-state index is 0.0692. The van der Waals surface area contributed by atoms with Gasteiger partial charge in [0, 0.05) is 25.2 Å². The maximum atomic E-state index is 11.7. The fourth-order valence-corrected chi connectivity index (χ4v) is 1.73. The Morgan fingerprint density at radius 1 is 1.47 bits per heavy atom. The summed E-state index contributed by atoms with van der Waals surface area (Å²) in [6.07, 6.45) is 4.10. The van der Waals surface area contributed by atoms with Crippen LogP contribution in [-0.4, -0.2) is 24.5 Å². The van der Waals surface area contributed by atoms with Crippen molar-refractivity contribution in [3.05, 3.63) is 23.9 Å². The van der Waals surface area contributed by atoms with Crippen LogP contribution in [0.15, 0.2) is 18.3 Å². The third kappa shape index (κ3) is 6.20. The maximum Gasteiger partial charge on any atom is 0.220 e. The van der Waals surface area contributed by atoms with Gasteiger partial charge >= 0.3 is 0 Å². The van der Waals surface area contributed by atoms with E-state index in [0.29, 0.717) is 31.3 Å². The second-order valence-electron chi connectivity index (χ2n) is 4.71. The number of rotatable bonds is 8. The maximum absolute atomic E-state index is 11.7. The van der Waals surface area contributed by atoms with Crippen LogP contribution in [0, 0.1) is 5.92 Å². The van der Waals surface area contributed by atoms with E-state index < -0.39 is 0 Å². The predicted octanol–water partition coefficient (Wildman–Crippen LogP) is 1.47. The summed E-state index contributed by atoms with van der Waals surface area (Å²) in [6.45, 7) is 3.30. The van der Waals surface area contributed by atoms with Gasteiger partial charge in [0.25, 0.3) is 0 Å². The first-order valence-corrected chi connectivity index (χ1v) is 6.61. The van der Waals surface area contributed by atoms with Crippen molar-refractivity contribution in [1.29, 1.82) is 0 Å². The van der Waals surface area contributed by atoms with E-state index >= 15 is 0 Å². The molecule has 0 fully saturated rings. The molecule has 5 nitrogen and oxygen atoms in total. The number of carbonyl (C=O) groups is 1. The summed E-state index contributed by atoms with van der Waals surface area (Å²) < 4.78 is 4.97. The Hall–Kier alpha value is -1.62. The van der Waals surface area contributed by atoms with E-state index in [-0.39, 0.29) is 5.91 Å². The molecule has 0 aromatic carbocycles.